The minimum Gasteiger partial charge on any atom is -0.378 e. The summed E-state index contributed by atoms with van der Waals surface area (Å²) < 4.78 is 5.34. The predicted octanol–water partition coefficient (Wildman–Crippen LogP) is 3.58. The number of rotatable bonds is 3. The van der Waals surface area contributed by atoms with Gasteiger partial charge in [-0.3, -0.25) is 9.59 Å². The summed E-state index contributed by atoms with van der Waals surface area (Å²) in [6.07, 6.45) is 2.40. The van der Waals surface area contributed by atoms with Crippen LogP contribution >= 0.6 is 11.3 Å². The molecular weight excluding hydrogens is 372 g/mol. The third-order valence-electron chi connectivity index (χ3n) is 5.74. The second kappa shape index (κ2) is 8.05. The van der Waals surface area contributed by atoms with Crippen LogP contribution in [-0.2, 0) is 22.4 Å². The van der Waals surface area contributed by atoms with E-state index in [1.54, 1.807) is 11.3 Å². The number of fused-ring (bicyclic) bond motifs is 1. The topological polar surface area (TPSA) is 58.6 Å². The molecule has 0 radical (unpaired) electrons. The SMILES string of the molecule is Cc1ccc(NC(=O)C2CCc3sc(C(=O)N4CCOCC4)cc3C2)cc1C. The van der Waals surface area contributed by atoms with Crippen LogP contribution in [0.3, 0.4) is 0 Å². The van der Waals surface area contributed by atoms with Gasteiger partial charge in [0.05, 0.1) is 18.1 Å². The smallest absolute Gasteiger partial charge is 0.264 e. The Hall–Kier alpha value is -2.18. The molecule has 4 rings (SSSR count). The molecule has 2 heterocycles. The van der Waals surface area contributed by atoms with Crippen molar-refractivity contribution in [3.05, 3.63) is 50.7 Å². The maximum Gasteiger partial charge on any atom is 0.264 e. The largest absolute Gasteiger partial charge is 0.378 e. The second-order valence-corrected chi connectivity index (χ2v) is 8.83. The van der Waals surface area contributed by atoms with Crippen LogP contribution in [0.2, 0.25) is 0 Å². The van der Waals surface area contributed by atoms with Crippen molar-refractivity contribution >= 4 is 28.8 Å². The maximum absolute atomic E-state index is 12.8. The zero-order chi connectivity index (χ0) is 19.7. The molecule has 1 aromatic carbocycles. The molecular formula is C22H26N2O3S. The van der Waals surface area contributed by atoms with Crippen LogP contribution < -0.4 is 5.32 Å². The number of ether oxygens (including phenoxy) is 1. The fourth-order valence-electron chi connectivity index (χ4n) is 3.84. The molecule has 1 atom stereocenters. The molecule has 1 fully saturated rings. The van der Waals surface area contributed by atoms with Crippen molar-refractivity contribution in [3.63, 3.8) is 0 Å². The number of thiophene rings is 1. The molecule has 1 saturated heterocycles. The fraction of sp³-hybridized carbons (Fsp3) is 0.455. The maximum atomic E-state index is 12.8. The fourth-order valence-corrected chi connectivity index (χ4v) is 5.01. The van der Waals surface area contributed by atoms with Crippen molar-refractivity contribution < 1.29 is 14.3 Å². The van der Waals surface area contributed by atoms with E-state index in [-0.39, 0.29) is 17.7 Å². The first-order valence-electron chi connectivity index (χ1n) is 9.88. The van der Waals surface area contributed by atoms with Gasteiger partial charge < -0.3 is 15.0 Å². The van der Waals surface area contributed by atoms with Crippen LogP contribution in [0.4, 0.5) is 5.69 Å². The molecule has 28 heavy (non-hydrogen) atoms. The van der Waals surface area contributed by atoms with Crippen molar-refractivity contribution in [2.75, 3.05) is 31.6 Å². The molecule has 6 heteroatoms. The minimum absolute atomic E-state index is 0.0463. The molecule has 1 aromatic heterocycles. The highest BCUT2D eigenvalue weighted by molar-refractivity contribution is 7.14. The molecule has 2 aliphatic rings. The Morgan fingerprint density at radius 2 is 1.93 bits per heavy atom. The minimum atomic E-state index is -0.0463. The first-order chi connectivity index (χ1) is 13.5. The third-order valence-corrected chi connectivity index (χ3v) is 6.96. The molecule has 1 N–H and O–H groups in total. The first-order valence-corrected chi connectivity index (χ1v) is 10.7. The summed E-state index contributed by atoms with van der Waals surface area (Å²) in [4.78, 5) is 29.4. The summed E-state index contributed by atoms with van der Waals surface area (Å²) in [7, 11) is 0. The van der Waals surface area contributed by atoms with Gasteiger partial charge in [0, 0.05) is 29.6 Å². The number of nitrogens with one attached hydrogen (secondary N) is 1. The zero-order valence-electron chi connectivity index (χ0n) is 16.4. The standard InChI is InChI=1S/C22H26N2O3S/c1-14-3-5-18(11-15(14)2)23-21(25)16-4-6-19-17(12-16)13-20(28-19)22(26)24-7-9-27-10-8-24/h3,5,11,13,16H,4,6-10,12H2,1-2H3,(H,23,25). The number of amides is 2. The van der Waals surface area contributed by atoms with Crippen LogP contribution in [0.25, 0.3) is 0 Å². The summed E-state index contributed by atoms with van der Waals surface area (Å²) >= 11 is 1.59. The summed E-state index contributed by atoms with van der Waals surface area (Å²) in [5, 5.41) is 3.07. The van der Waals surface area contributed by atoms with Crippen LogP contribution in [0.5, 0.6) is 0 Å². The lowest BCUT2D eigenvalue weighted by Crippen LogP contribution is -2.40. The van der Waals surface area contributed by atoms with Crippen molar-refractivity contribution in [3.8, 4) is 0 Å². The van der Waals surface area contributed by atoms with Crippen molar-refractivity contribution in [1.82, 2.24) is 4.90 Å². The predicted molar refractivity (Wildman–Crippen MR) is 111 cm³/mol. The van der Waals surface area contributed by atoms with E-state index in [2.05, 4.69) is 19.2 Å². The van der Waals surface area contributed by atoms with Gasteiger partial charge in [-0.05, 0) is 68.0 Å². The monoisotopic (exact) mass is 398 g/mol. The van der Waals surface area contributed by atoms with E-state index >= 15 is 0 Å². The van der Waals surface area contributed by atoms with Gasteiger partial charge in [-0.25, -0.2) is 0 Å². The lowest BCUT2D eigenvalue weighted by molar-refractivity contribution is -0.120. The molecule has 1 unspecified atom stereocenters. The number of anilines is 1. The van der Waals surface area contributed by atoms with E-state index in [1.165, 1.54) is 16.0 Å². The third kappa shape index (κ3) is 3.98. The summed E-state index contributed by atoms with van der Waals surface area (Å²) in [5.74, 6) is 0.120. The second-order valence-electron chi connectivity index (χ2n) is 7.69. The Morgan fingerprint density at radius 3 is 2.68 bits per heavy atom. The van der Waals surface area contributed by atoms with Gasteiger partial charge in [-0.15, -0.1) is 11.3 Å². The lowest BCUT2D eigenvalue weighted by Gasteiger charge is -2.26. The highest BCUT2D eigenvalue weighted by Gasteiger charge is 2.29. The average Bonchev–Trinajstić information content (AvgIpc) is 3.14. The molecule has 2 aromatic rings. The van der Waals surface area contributed by atoms with E-state index in [9.17, 15) is 9.59 Å². The number of hydrogen-bond acceptors (Lipinski definition) is 4. The van der Waals surface area contributed by atoms with E-state index in [1.807, 2.05) is 29.2 Å². The normalized spacial score (nSPS) is 19.2. The Morgan fingerprint density at radius 1 is 1.14 bits per heavy atom. The highest BCUT2D eigenvalue weighted by Crippen LogP contribution is 2.33. The van der Waals surface area contributed by atoms with E-state index in [4.69, 9.17) is 4.74 Å². The number of benzene rings is 1. The molecule has 2 amide bonds. The van der Waals surface area contributed by atoms with E-state index < -0.39 is 0 Å². The van der Waals surface area contributed by atoms with Crippen LogP contribution in [0.1, 0.15) is 37.7 Å². The molecule has 0 bridgehead atoms. The van der Waals surface area contributed by atoms with Crippen molar-refractivity contribution in [2.24, 2.45) is 5.92 Å². The molecule has 1 aliphatic carbocycles. The number of hydrogen-bond donors (Lipinski definition) is 1. The first kappa shape index (κ1) is 19.2. The van der Waals surface area contributed by atoms with Crippen molar-refractivity contribution in [2.45, 2.75) is 33.1 Å². The summed E-state index contributed by atoms with van der Waals surface area (Å²) in [6.45, 7) is 6.64. The van der Waals surface area contributed by atoms with Crippen LogP contribution in [0.15, 0.2) is 24.3 Å². The molecule has 148 valence electrons. The lowest BCUT2D eigenvalue weighted by atomic mass is 9.87. The average molecular weight is 399 g/mol. The number of nitrogens with zero attached hydrogens (tertiary/aromatic N) is 1. The molecule has 1 aliphatic heterocycles. The Bertz CT molecular complexity index is 899. The Balaban J connectivity index is 1.42. The Kier molecular flexibility index (Phi) is 5.51. The molecule has 0 spiro atoms. The summed E-state index contributed by atoms with van der Waals surface area (Å²) in [5.41, 5.74) is 4.41. The zero-order valence-corrected chi connectivity index (χ0v) is 17.2. The molecule has 0 saturated carbocycles. The van der Waals surface area contributed by atoms with Crippen LogP contribution in [-0.4, -0.2) is 43.0 Å². The van der Waals surface area contributed by atoms with Gasteiger partial charge in [-0.2, -0.15) is 0 Å². The van der Waals surface area contributed by atoms with Gasteiger partial charge in [0.2, 0.25) is 5.91 Å². The quantitative estimate of drug-likeness (QED) is 0.860. The van der Waals surface area contributed by atoms with E-state index in [0.29, 0.717) is 32.7 Å². The van der Waals surface area contributed by atoms with Crippen molar-refractivity contribution in [1.29, 1.82) is 0 Å². The number of aryl methyl sites for hydroxylation is 3. The van der Waals surface area contributed by atoms with Gasteiger partial charge in [0.15, 0.2) is 0 Å². The highest BCUT2D eigenvalue weighted by atomic mass is 32.1. The van der Waals surface area contributed by atoms with Gasteiger partial charge >= 0.3 is 0 Å². The number of carbonyl (C=O) groups is 2. The summed E-state index contributed by atoms with van der Waals surface area (Å²) in [6, 6.07) is 8.02. The number of morpholine rings is 1. The number of carbonyl (C=O) groups excluding carboxylic acids is 2. The van der Waals surface area contributed by atoms with Gasteiger partial charge in [0.25, 0.3) is 5.91 Å². The van der Waals surface area contributed by atoms with Gasteiger partial charge in [-0.1, -0.05) is 6.07 Å². The van der Waals surface area contributed by atoms with E-state index in [0.717, 1.165) is 29.0 Å². The van der Waals surface area contributed by atoms with Crippen LogP contribution in [0, 0.1) is 19.8 Å². The Labute approximate surface area is 169 Å². The van der Waals surface area contributed by atoms with Gasteiger partial charge in [0.1, 0.15) is 0 Å². The molecule has 5 nitrogen and oxygen atoms in total.